The lowest BCUT2D eigenvalue weighted by molar-refractivity contribution is -0.114. The molecule has 0 aliphatic heterocycles. The molecule has 0 saturated carbocycles. The van der Waals surface area contributed by atoms with Crippen molar-refractivity contribution in [2.75, 3.05) is 5.32 Å². The standard InChI is InChI=1S/C11H11N5O3S2/c1-8(17)13-10-14-15-11(20-10)21(18,19)16-12-7-9-5-3-2-4-6-9/h2-7,16H,1H3,(H,13,14,17). The number of hydrogen-bond acceptors (Lipinski definition) is 7. The minimum absolute atomic E-state index is 0.106. The van der Waals surface area contributed by atoms with E-state index in [2.05, 4.69) is 20.6 Å². The molecule has 10 heteroatoms. The van der Waals surface area contributed by atoms with Gasteiger partial charge in [-0.05, 0) is 5.56 Å². The van der Waals surface area contributed by atoms with Crippen LogP contribution in [0.25, 0.3) is 0 Å². The molecule has 0 aliphatic rings. The Kier molecular flexibility index (Phi) is 4.60. The summed E-state index contributed by atoms with van der Waals surface area (Å²) in [6, 6.07) is 9.00. The highest BCUT2D eigenvalue weighted by atomic mass is 32.2. The third kappa shape index (κ3) is 4.33. The second-order valence-electron chi connectivity index (χ2n) is 3.82. The van der Waals surface area contributed by atoms with Crippen molar-refractivity contribution in [1.82, 2.24) is 15.0 Å². The summed E-state index contributed by atoms with van der Waals surface area (Å²) in [5.74, 6) is -0.356. The van der Waals surface area contributed by atoms with Crippen LogP contribution in [0, 0.1) is 0 Å². The van der Waals surface area contributed by atoms with Crippen LogP contribution in [0.5, 0.6) is 0 Å². The zero-order chi connectivity index (χ0) is 15.3. The molecule has 0 atom stereocenters. The van der Waals surface area contributed by atoms with Gasteiger partial charge in [-0.25, -0.2) is 0 Å². The van der Waals surface area contributed by atoms with Crippen molar-refractivity contribution in [3.8, 4) is 0 Å². The Labute approximate surface area is 125 Å². The van der Waals surface area contributed by atoms with E-state index in [0.717, 1.165) is 16.9 Å². The Morgan fingerprint density at radius 2 is 2.00 bits per heavy atom. The van der Waals surface area contributed by atoms with Crippen molar-refractivity contribution in [2.45, 2.75) is 11.3 Å². The first-order valence-electron chi connectivity index (χ1n) is 5.68. The van der Waals surface area contributed by atoms with Gasteiger partial charge in [-0.2, -0.15) is 18.4 Å². The first-order valence-corrected chi connectivity index (χ1v) is 7.98. The van der Waals surface area contributed by atoms with Crippen molar-refractivity contribution in [3.05, 3.63) is 35.9 Å². The minimum atomic E-state index is -3.90. The molecule has 21 heavy (non-hydrogen) atoms. The van der Waals surface area contributed by atoms with Gasteiger partial charge in [0, 0.05) is 6.92 Å². The Balaban J connectivity index is 2.06. The lowest BCUT2D eigenvalue weighted by Crippen LogP contribution is -2.18. The molecule has 2 N–H and O–H groups in total. The van der Waals surface area contributed by atoms with Gasteiger partial charge in [0.1, 0.15) is 0 Å². The van der Waals surface area contributed by atoms with Crippen LogP contribution >= 0.6 is 11.3 Å². The molecule has 0 radical (unpaired) electrons. The predicted molar refractivity (Wildman–Crippen MR) is 78.6 cm³/mol. The van der Waals surface area contributed by atoms with Gasteiger partial charge in [-0.1, -0.05) is 41.7 Å². The number of anilines is 1. The van der Waals surface area contributed by atoms with Gasteiger partial charge in [-0.15, -0.1) is 10.2 Å². The molecule has 2 aromatic rings. The number of carbonyl (C=O) groups excluding carboxylic acids is 1. The van der Waals surface area contributed by atoms with E-state index < -0.39 is 10.0 Å². The fourth-order valence-corrected chi connectivity index (χ4v) is 3.00. The van der Waals surface area contributed by atoms with E-state index in [-0.39, 0.29) is 15.4 Å². The SMILES string of the molecule is CC(=O)Nc1nnc(S(=O)(=O)NN=Cc2ccccc2)s1. The van der Waals surface area contributed by atoms with Crippen molar-refractivity contribution in [1.29, 1.82) is 0 Å². The van der Waals surface area contributed by atoms with Crippen LogP contribution in [0.1, 0.15) is 12.5 Å². The fourth-order valence-electron chi connectivity index (χ4n) is 1.27. The van der Waals surface area contributed by atoms with Crippen LogP contribution in [0.2, 0.25) is 0 Å². The van der Waals surface area contributed by atoms with E-state index in [1.165, 1.54) is 13.1 Å². The van der Waals surface area contributed by atoms with E-state index in [1.807, 2.05) is 10.9 Å². The van der Waals surface area contributed by atoms with Gasteiger partial charge < -0.3 is 5.32 Å². The monoisotopic (exact) mass is 325 g/mol. The molecule has 0 bridgehead atoms. The molecule has 1 heterocycles. The second kappa shape index (κ2) is 6.41. The highest BCUT2D eigenvalue weighted by molar-refractivity contribution is 7.91. The summed E-state index contributed by atoms with van der Waals surface area (Å²) in [6.45, 7) is 1.29. The number of amides is 1. The van der Waals surface area contributed by atoms with Crippen LogP contribution in [-0.4, -0.2) is 30.7 Å². The minimum Gasteiger partial charge on any atom is -0.301 e. The number of rotatable bonds is 5. The Morgan fingerprint density at radius 1 is 1.29 bits per heavy atom. The summed E-state index contributed by atoms with van der Waals surface area (Å²) in [7, 11) is -3.90. The number of nitrogens with zero attached hydrogens (tertiary/aromatic N) is 3. The maximum atomic E-state index is 11.9. The van der Waals surface area contributed by atoms with E-state index >= 15 is 0 Å². The van der Waals surface area contributed by atoms with Crippen LogP contribution in [0.3, 0.4) is 0 Å². The highest BCUT2D eigenvalue weighted by Gasteiger charge is 2.19. The molecule has 2 rings (SSSR count). The molecular weight excluding hydrogens is 314 g/mol. The van der Waals surface area contributed by atoms with E-state index in [4.69, 9.17) is 0 Å². The molecule has 0 fully saturated rings. The number of benzene rings is 1. The number of hydrazone groups is 1. The molecular formula is C11H11N5O3S2. The Morgan fingerprint density at radius 3 is 2.67 bits per heavy atom. The molecule has 1 aromatic carbocycles. The van der Waals surface area contributed by atoms with Gasteiger partial charge in [0.2, 0.25) is 11.0 Å². The van der Waals surface area contributed by atoms with E-state index in [0.29, 0.717) is 0 Å². The summed E-state index contributed by atoms with van der Waals surface area (Å²) < 4.78 is 23.5. The molecule has 0 aliphatic carbocycles. The molecule has 8 nitrogen and oxygen atoms in total. The second-order valence-corrected chi connectivity index (χ2v) is 6.63. The molecule has 1 aromatic heterocycles. The van der Waals surface area contributed by atoms with Gasteiger partial charge in [0.05, 0.1) is 6.21 Å². The van der Waals surface area contributed by atoms with Gasteiger partial charge in [-0.3, -0.25) is 4.79 Å². The van der Waals surface area contributed by atoms with Crippen molar-refractivity contribution >= 4 is 38.6 Å². The Hall–Kier alpha value is -2.33. The molecule has 0 unspecified atom stereocenters. The number of aromatic nitrogens is 2. The molecule has 110 valence electrons. The largest absolute Gasteiger partial charge is 0.305 e. The van der Waals surface area contributed by atoms with Crippen LogP contribution < -0.4 is 10.1 Å². The van der Waals surface area contributed by atoms with Crippen LogP contribution in [-0.2, 0) is 14.8 Å². The summed E-state index contributed by atoms with van der Waals surface area (Å²) in [5.41, 5.74) is 0.747. The number of sulfonamides is 1. The lowest BCUT2D eigenvalue weighted by Gasteiger charge is -1.97. The average Bonchev–Trinajstić information content (AvgIpc) is 2.88. The Bertz CT molecular complexity index is 755. The predicted octanol–water partition coefficient (Wildman–Crippen LogP) is 0.809. The summed E-state index contributed by atoms with van der Waals surface area (Å²) in [6.07, 6.45) is 1.37. The van der Waals surface area contributed by atoms with Crippen molar-refractivity contribution in [2.24, 2.45) is 5.10 Å². The average molecular weight is 325 g/mol. The highest BCUT2D eigenvalue weighted by Crippen LogP contribution is 2.19. The van der Waals surface area contributed by atoms with Crippen LogP contribution in [0.4, 0.5) is 5.13 Å². The van der Waals surface area contributed by atoms with Gasteiger partial charge in [0.15, 0.2) is 0 Å². The molecule has 0 saturated heterocycles. The zero-order valence-corrected chi connectivity index (χ0v) is 12.5. The molecule has 0 spiro atoms. The van der Waals surface area contributed by atoms with E-state index in [9.17, 15) is 13.2 Å². The van der Waals surface area contributed by atoms with Crippen molar-refractivity contribution < 1.29 is 13.2 Å². The first kappa shape index (κ1) is 15.1. The zero-order valence-electron chi connectivity index (χ0n) is 10.8. The lowest BCUT2D eigenvalue weighted by atomic mass is 10.2. The van der Waals surface area contributed by atoms with E-state index in [1.54, 1.807) is 24.3 Å². The maximum absolute atomic E-state index is 11.9. The maximum Gasteiger partial charge on any atom is 0.305 e. The van der Waals surface area contributed by atoms with Crippen LogP contribution in [0.15, 0.2) is 39.8 Å². The first-order chi connectivity index (χ1) is 9.97. The third-order valence-electron chi connectivity index (χ3n) is 2.11. The summed E-state index contributed by atoms with van der Waals surface area (Å²) in [5, 5.41) is 13.2. The number of hydrogen-bond donors (Lipinski definition) is 2. The van der Waals surface area contributed by atoms with Gasteiger partial charge in [0.25, 0.3) is 4.34 Å². The normalized spacial score (nSPS) is 11.5. The third-order valence-corrected chi connectivity index (χ3v) is 4.53. The van der Waals surface area contributed by atoms with Crippen molar-refractivity contribution in [3.63, 3.8) is 0 Å². The fraction of sp³-hybridized carbons (Fsp3) is 0.0909. The number of carbonyl (C=O) groups is 1. The summed E-state index contributed by atoms with van der Waals surface area (Å²) >= 11 is 0.736. The summed E-state index contributed by atoms with van der Waals surface area (Å²) in [4.78, 5) is 12.9. The number of nitrogens with one attached hydrogen (secondary N) is 2. The quantitative estimate of drug-likeness (QED) is 0.480. The smallest absolute Gasteiger partial charge is 0.301 e. The molecule has 1 amide bonds. The van der Waals surface area contributed by atoms with Gasteiger partial charge >= 0.3 is 10.0 Å². The topological polar surface area (TPSA) is 113 Å².